The molecule has 0 spiro atoms. The SMILES string of the molecule is Cc1cc(-c2ccnn3ccnc23)ccc1CNC(=O)c1noc(C(C)(C)C)n1. The fourth-order valence-electron chi connectivity index (χ4n) is 3.00. The number of imidazole rings is 1. The fraction of sp³-hybridized carbons (Fsp3) is 0.286. The van der Waals surface area contributed by atoms with E-state index in [4.69, 9.17) is 4.52 Å². The summed E-state index contributed by atoms with van der Waals surface area (Å²) in [4.78, 5) is 20.9. The summed E-state index contributed by atoms with van der Waals surface area (Å²) in [6.45, 7) is 8.24. The number of carbonyl (C=O) groups is 1. The van der Waals surface area contributed by atoms with Crippen LogP contribution in [-0.4, -0.2) is 30.6 Å². The molecule has 0 fully saturated rings. The van der Waals surface area contributed by atoms with Crippen molar-refractivity contribution in [3.63, 3.8) is 0 Å². The van der Waals surface area contributed by atoms with Crippen LogP contribution in [0.3, 0.4) is 0 Å². The molecule has 4 rings (SSSR count). The summed E-state index contributed by atoms with van der Waals surface area (Å²) >= 11 is 0. The quantitative estimate of drug-likeness (QED) is 0.574. The van der Waals surface area contributed by atoms with Crippen LogP contribution in [0.4, 0.5) is 0 Å². The van der Waals surface area contributed by atoms with Crippen molar-refractivity contribution >= 4 is 11.6 Å². The maximum absolute atomic E-state index is 12.4. The van der Waals surface area contributed by atoms with Gasteiger partial charge in [0.05, 0.1) is 0 Å². The Morgan fingerprint density at radius 3 is 2.76 bits per heavy atom. The number of carbonyl (C=O) groups excluding carboxylic acids is 1. The van der Waals surface area contributed by atoms with Crippen molar-refractivity contribution < 1.29 is 9.32 Å². The third-order valence-corrected chi connectivity index (χ3v) is 4.66. The molecule has 0 unspecified atom stereocenters. The maximum Gasteiger partial charge on any atom is 0.292 e. The van der Waals surface area contributed by atoms with Gasteiger partial charge in [-0.25, -0.2) is 9.50 Å². The highest BCUT2D eigenvalue weighted by atomic mass is 16.5. The van der Waals surface area contributed by atoms with Crippen LogP contribution < -0.4 is 5.32 Å². The van der Waals surface area contributed by atoms with Gasteiger partial charge in [0, 0.05) is 36.1 Å². The number of aryl methyl sites for hydroxylation is 1. The second kappa shape index (κ2) is 7.12. The number of benzene rings is 1. The van der Waals surface area contributed by atoms with Gasteiger partial charge in [0.2, 0.25) is 5.89 Å². The van der Waals surface area contributed by atoms with E-state index in [2.05, 4.69) is 31.6 Å². The molecule has 3 aromatic heterocycles. The lowest BCUT2D eigenvalue weighted by Crippen LogP contribution is -2.24. The van der Waals surface area contributed by atoms with Crippen molar-refractivity contribution in [3.8, 4) is 11.1 Å². The lowest BCUT2D eigenvalue weighted by atomic mass is 9.97. The van der Waals surface area contributed by atoms with Crippen LogP contribution in [0.1, 0.15) is 48.4 Å². The monoisotopic (exact) mass is 390 g/mol. The zero-order valence-corrected chi connectivity index (χ0v) is 16.8. The predicted octanol–water partition coefficient (Wildman–Crippen LogP) is 3.32. The number of aromatic nitrogens is 5. The summed E-state index contributed by atoms with van der Waals surface area (Å²) in [7, 11) is 0. The van der Waals surface area contributed by atoms with E-state index >= 15 is 0 Å². The van der Waals surface area contributed by atoms with Crippen molar-refractivity contribution in [1.29, 1.82) is 0 Å². The second-order valence-electron chi connectivity index (χ2n) is 7.94. The van der Waals surface area contributed by atoms with Gasteiger partial charge in [0.1, 0.15) is 0 Å². The molecule has 29 heavy (non-hydrogen) atoms. The first-order chi connectivity index (χ1) is 13.8. The molecule has 0 saturated heterocycles. The summed E-state index contributed by atoms with van der Waals surface area (Å²) in [5.41, 5.74) is 4.63. The molecule has 1 amide bonds. The van der Waals surface area contributed by atoms with E-state index in [1.54, 1.807) is 16.9 Å². The third-order valence-electron chi connectivity index (χ3n) is 4.66. The van der Waals surface area contributed by atoms with E-state index in [0.717, 1.165) is 27.9 Å². The first-order valence-corrected chi connectivity index (χ1v) is 9.33. The van der Waals surface area contributed by atoms with Crippen LogP contribution in [-0.2, 0) is 12.0 Å². The van der Waals surface area contributed by atoms with Gasteiger partial charge < -0.3 is 9.84 Å². The van der Waals surface area contributed by atoms with Gasteiger partial charge in [-0.15, -0.1) is 0 Å². The van der Waals surface area contributed by atoms with Gasteiger partial charge in [0.15, 0.2) is 5.65 Å². The molecular weight excluding hydrogens is 368 g/mol. The van der Waals surface area contributed by atoms with Crippen LogP contribution in [0.5, 0.6) is 0 Å². The molecule has 0 saturated carbocycles. The standard InChI is InChI=1S/C21H22N6O2/c1-13-11-14(16-7-8-24-27-10-9-22-18(16)27)5-6-15(13)12-23-19(28)17-25-20(29-26-17)21(2,3)4/h5-11H,12H2,1-4H3,(H,23,28). The number of hydrogen-bond acceptors (Lipinski definition) is 6. The minimum atomic E-state index is -0.360. The second-order valence-corrected chi connectivity index (χ2v) is 7.94. The molecule has 3 heterocycles. The van der Waals surface area contributed by atoms with Crippen molar-refractivity contribution in [1.82, 2.24) is 30.1 Å². The van der Waals surface area contributed by atoms with Gasteiger partial charge in [-0.2, -0.15) is 10.1 Å². The first-order valence-electron chi connectivity index (χ1n) is 9.33. The number of nitrogens with one attached hydrogen (secondary N) is 1. The summed E-state index contributed by atoms with van der Waals surface area (Å²) in [5.74, 6) is 0.120. The molecule has 0 aliphatic rings. The van der Waals surface area contributed by atoms with E-state index < -0.39 is 0 Å². The van der Waals surface area contributed by atoms with Gasteiger partial charge in [-0.1, -0.05) is 44.1 Å². The highest BCUT2D eigenvalue weighted by Crippen LogP contribution is 2.25. The summed E-state index contributed by atoms with van der Waals surface area (Å²) in [6, 6.07) is 8.05. The third kappa shape index (κ3) is 3.73. The molecular formula is C21H22N6O2. The van der Waals surface area contributed by atoms with Gasteiger partial charge in [-0.3, -0.25) is 4.79 Å². The number of amides is 1. The number of hydrogen-bond donors (Lipinski definition) is 1. The Morgan fingerprint density at radius 2 is 2.03 bits per heavy atom. The topological polar surface area (TPSA) is 98.2 Å². The average molecular weight is 390 g/mol. The van der Waals surface area contributed by atoms with Crippen molar-refractivity contribution in [3.05, 3.63) is 65.7 Å². The summed E-state index contributed by atoms with van der Waals surface area (Å²) in [6.07, 6.45) is 5.30. The van der Waals surface area contributed by atoms with Crippen LogP contribution in [0.15, 0.2) is 47.4 Å². The van der Waals surface area contributed by atoms with Crippen LogP contribution in [0.2, 0.25) is 0 Å². The number of nitrogens with zero attached hydrogens (tertiary/aromatic N) is 5. The highest BCUT2D eigenvalue weighted by Gasteiger charge is 2.24. The van der Waals surface area contributed by atoms with Crippen molar-refractivity contribution in [2.24, 2.45) is 0 Å². The van der Waals surface area contributed by atoms with Crippen molar-refractivity contribution in [2.45, 2.75) is 39.7 Å². The Bertz CT molecular complexity index is 1190. The van der Waals surface area contributed by atoms with Crippen LogP contribution in [0, 0.1) is 6.92 Å². The molecule has 0 atom stereocenters. The molecule has 0 aliphatic heterocycles. The molecule has 0 radical (unpaired) electrons. The van der Waals surface area contributed by atoms with E-state index in [1.165, 1.54) is 0 Å². The first kappa shape index (κ1) is 18.8. The van der Waals surface area contributed by atoms with Gasteiger partial charge in [-0.05, 0) is 29.7 Å². The van der Waals surface area contributed by atoms with E-state index in [0.29, 0.717) is 12.4 Å². The molecule has 0 aliphatic carbocycles. The van der Waals surface area contributed by atoms with E-state index in [9.17, 15) is 4.79 Å². The largest absolute Gasteiger partial charge is 0.345 e. The molecule has 1 aromatic carbocycles. The van der Waals surface area contributed by atoms with E-state index in [-0.39, 0.29) is 17.1 Å². The minimum absolute atomic E-state index is 0.0442. The Labute approximate surface area is 168 Å². The predicted molar refractivity (Wildman–Crippen MR) is 107 cm³/mol. The van der Waals surface area contributed by atoms with Gasteiger partial charge in [0.25, 0.3) is 11.7 Å². The Kier molecular flexibility index (Phi) is 4.62. The summed E-state index contributed by atoms with van der Waals surface area (Å²) in [5, 5.41) is 10.9. The molecule has 0 bridgehead atoms. The molecule has 4 aromatic rings. The van der Waals surface area contributed by atoms with Crippen LogP contribution in [0.25, 0.3) is 16.8 Å². The summed E-state index contributed by atoms with van der Waals surface area (Å²) < 4.78 is 6.93. The van der Waals surface area contributed by atoms with Crippen LogP contribution >= 0.6 is 0 Å². The zero-order chi connectivity index (χ0) is 20.6. The smallest absolute Gasteiger partial charge is 0.292 e. The van der Waals surface area contributed by atoms with Crippen molar-refractivity contribution in [2.75, 3.05) is 0 Å². The average Bonchev–Trinajstić information content (AvgIpc) is 3.35. The fourth-order valence-corrected chi connectivity index (χ4v) is 3.00. The number of fused-ring (bicyclic) bond motifs is 1. The van der Waals surface area contributed by atoms with E-state index in [1.807, 2.05) is 52.1 Å². The molecule has 8 nitrogen and oxygen atoms in total. The number of rotatable bonds is 4. The van der Waals surface area contributed by atoms with Gasteiger partial charge >= 0.3 is 0 Å². The lowest BCUT2D eigenvalue weighted by molar-refractivity contribution is 0.0937. The molecule has 8 heteroatoms. The molecule has 1 N–H and O–H groups in total. The Morgan fingerprint density at radius 1 is 1.21 bits per heavy atom. The molecule has 148 valence electrons. The Balaban J connectivity index is 1.50. The normalized spacial score (nSPS) is 11.7. The minimum Gasteiger partial charge on any atom is -0.345 e. The zero-order valence-electron chi connectivity index (χ0n) is 16.8. The lowest BCUT2D eigenvalue weighted by Gasteiger charge is -2.10. The maximum atomic E-state index is 12.4. The highest BCUT2D eigenvalue weighted by molar-refractivity contribution is 5.90. The Hall–Kier alpha value is -3.55.